The third kappa shape index (κ3) is 10.9. The summed E-state index contributed by atoms with van der Waals surface area (Å²) in [6, 6.07) is 5.73. The Balaban J connectivity index is 2.16. The van der Waals surface area contributed by atoms with Gasteiger partial charge in [0.05, 0.1) is 0 Å². The van der Waals surface area contributed by atoms with Gasteiger partial charge in [-0.2, -0.15) is 0 Å². The van der Waals surface area contributed by atoms with Gasteiger partial charge >= 0.3 is 0 Å². The maximum atomic E-state index is 13.7. The van der Waals surface area contributed by atoms with E-state index >= 15 is 0 Å². The van der Waals surface area contributed by atoms with E-state index in [0.717, 1.165) is 50.5 Å². The van der Waals surface area contributed by atoms with Crippen molar-refractivity contribution in [3.8, 4) is 0 Å². The standard InChI is InChI=1S/C28H46N8O3/c1-2-3-10-23(27(39)35-22(25(31)37)11-7-16-34-28(32)33)36-26(38)21(19-8-5-4-6-9-19)17-18-12-14-20(15-13-18)24(29)30/h12-15,19,21-23H,2-11,16-17H2,1H3,(H3,29,30)(H2,31,37)(H,35,39)(H,36,38)(H4,32,33,34)/t21?,22-,23-/m0/s1. The number of aliphatic imine (C=N–C) groups is 1. The molecule has 0 saturated heterocycles. The predicted molar refractivity (Wildman–Crippen MR) is 154 cm³/mol. The van der Waals surface area contributed by atoms with Crippen LogP contribution in [0, 0.1) is 17.2 Å². The molecule has 2 rings (SSSR count). The summed E-state index contributed by atoms with van der Waals surface area (Å²) >= 11 is 0. The van der Waals surface area contributed by atoms with Gasteiger partial charge in [-0.1, -0.05) is 63.3 Å². The first-order chi connectivity index (χ1) is 18.6. The fourth-order valence-electron chi connectivity index (χ4n) is 5.10. The SMILES string of the molecule is CCCC[C@H](NC(=O)C(Cc1ccc(C(=N)N)cc1)C1CCCCC1)C(=O)N[C@@H](CCCN=C(N)N)C(N)=O. The molecule has 0 bridgehead atoms. The van der Waals surface area contributed by atoms with Crippen LogP contribution in [0.4, 0.5) is 0 Å². The second-order valence-corrected chi connectivity index (χ2v) is 10.4. The largest absolute Gasteiger partial charge is 0.384 e. The van der Waals surface area contributed by atoms with Crippen molar-refractivity contribution in [1.82, 2.24) is 10.6 Å². The van der Waals surface area contributed by atoms with Crippen LogP contribution in [0.2, 0.25) is 0 Å². The number of nitrogens with one attached hydrogen (secondary N) is 3. The maximum absolute atomic E-state index is 13.7. The van der Waals surface area contributed by atoms with Crippen molar-refractivity contribution in [3.63, 3.8) is 0 Å². The number of nitrogen functional groups attached to an aromatic ring is 1. The lowest BCUT2D eigenvalue weighted by Crippen LogP contribution is -2.54. The number of amidine groups is 1. The molecule has 0 radical (unpaired) electrons. The number of unbranched alkanes of at least 4 members (excludes halogenated alkanes) is 1. The molecule has 1 aliphatic carbocycles. The molecular weight excluding hydrogens is 496 g/mol. The van der Waals surface area contributed by atoms with Crippen LogP contribution in [-0.2, 0) is 20.8 Å². The van der Waals surface area contributed by atoms with E-state index in [4.69, 9.17) is 28.3 Å². The Bertz CT molecular complexity index is 985. The molecule has 1 fully saturated rings. The van der Waals surface area contributed by atoms with E-state index in [0.29, 0.717) is 31.4 Å². The van der Waals surface area contributed by atoms with Crippen LogP contribution in [0.1, 0.15) is 82.3 Å². The molecule has 1 aromatic carbocycles. The quantitative estimate of drug-likeness (QED) is 0.0930. The van der Waals surface area contributed by atoms with E-state index < -0.39 is 23.9 Å². The molecule has 0 aromatic heterocycles. The smallest absolute Gasteiger partial charge is 0.243 e. The number of benzene rings is 1. The number of rotatable bonds is 16. The molecular formula is C28H46N8O3. The summed E-state index contributed by atoms with van der Waals surface area (Å²) in [5, 5.41) is 13.4. The molecule has 11 N–H and O–H groups in total. The van der Waals surface area contributed by atoms with Gasteiger partial charge in [0.2, 0.25) is 17.7 Å². The minimum Gasteiger partial charge on any atom is -0.384 e. The zero-order chi connectivity index (χ0) is 28.8. The Kier molecular flexibility index (Phi) is 13.2. The Labute approximate surface area is 231 Å². The normalized spacial score (nSPS) is 15.9. The number of guanidine groups is 1. The zero-order valence-corrected chi connectivity index (χ0v) is 23.1. The number of primary amides is 1. The van der Waals surface area contributed by atoms with E-state index in [2.05, 4.69) is 15.6 Å². The number of amides is 3. The van der Waals surface area contributed by atoms with Crippen LogP contribution < -0.4 is 33.6 Å². The molecule has 11 nitrogen and oxygen atoms in total. The molecule has 0 spiro atoms. The molecule has 1 unspecified atom stereocenters. The van der Waals surface area contributed by atoms with E-state index in [9.17, 15) is 14.4 Å². The van der Waals surface area contributed by atoms with Crippen molar-refractivity contribution in [1.29, 1.82) is 5.41 Å². The molecule has 1 saturated carbocycles. The highest BCUT2D eigenvalue weighted by Gasteiger charge is 2.33. The topological polar surface area (TPSA) is 216 Å². The summed E-state index contributed by atoms with van der Waals surface area (Å²) in [6.45, 7) is 2.33. The third-order valence-electron chi connectivity index (χ3n) is 7.36. The minimum atomic E-state index is -0.887. The average Bonchev–Trinajstić information content (AvgIpc) is 2.91. The van der Waals surface area contributed by atoms with Gasteiger partial charge in [0, 0.05) is 18.0 Å². The Morgan fingerprint density at radius 2 is 1.54 bits per heavy atom. The first kappa shape index (κ1) is 31.6. The number of hydrogen-bond donors (Lipinski definition) is 7. The lowest BCUT2D eigenvalue weighted by molar-refractivity contribution is -0.134. The Morgan fingerprint density at radius 3 is 2.10 bits per heavy atom. The fraction of sp³-hybridized carbons (Fsp3) is 0.607. The maximum Gasteiger partial charge on any atom is 0.243 e. The van der Waals surface area contributed by atoms with Crippen LogP contribution in [-0.4, -0.2) is 48.1 Å². The van der Waals surface area contributed by atoms with E-state index in [1.807, 2.05) is 19.1 Å². The molecule has 1 aliphatic rings. The van der Waals surface area contributed by atoms with Gasteiger partial charge in [-0.25, -0.2) is 0 Å². The molecule has 1 aromatic rings. The first-order valence-electron chi connectivity index (χ1n) is 14.0. The molecule has 0 heterocycles. The number of carbonyl (C=O) groups excluding carboxylic acids is 3. The van der Waals surface area contributed by atoms with Crippen LogP contribution >= 0.6 is 0 Å². The predicted octanol–water partition coefficient (Wildman–Crippen LogP) is 1.41. The van der Waals surface area contributed by atoms with E-state index in [-0.39, 0.29) is 36.0 Å². The summed E-state index contributed by atoms with van der Waals surface area (Å²) in [7, 11) is 0. The summed E-state index contributed by atoms with van der Waals surface area (Å²) < 4.78 is 0. The highest BCUT2D eigenvalue weighted by molar-refractivity contribution is 5.95. The van der Waals surface area contributed by atoms with Gasteiger partial charge in [0.25, 0.3) is 0 Å². The lowest BCUT2D eigenvalue weighted by atomic mass is 9.76. The average molecular weight is 543 g/mol. The first-order valence-corrected chi connectivity index (χ1v) is 14.0. The number of nitrogens with two attached hydrogens (primary N) is 4. The van der Waals surface area contributed by atoms with Gasteiger partial charge in [-0.05, 0) is 50.0 Å². The number of nitrogens with zero attached hydrogens (tertiary/aromatic N) is 1. The minimum absolute atomic E-state index is 0.00148. The summed E-state index contributed by atoms with van der Waals surface area (Å²) in [6.07, 6.45) is 8.59. The van der Waals surface area contributed by atoms with Gasteiger partial charge in [-0.3, -0.25) is 24.8 Å². The molecule has 3 atom stereocenters. The second kappa shape index (κ2) is 16.4. The summed E-state index contributed by atoms with van der Waals surface area (Å²) in [5.74, 6) is -1.35. The highest BCUT2D eigenvalue weighted by Crippen LogP contribution is 2.32. The number of hydrogen-bond acceptors (Lipinski definition) is 5. The van der Waals surface area contributed by atoms with Crippen LogP contribution in [0.25, 0.3) is 0 Å². The zero-order valence-electron chi connectivity index (χ0n) is 23.1. The highest BCUT2D eigenvalue weighted by atomic mass is 16.2. The molecule has 216 valence electrons. The Morgan fingerprint density at radius 1 is 0.923 bits per heavy atom. The van der Waals surface area contributed by atoms with Crippen LogP contribution in [0.5, 0.6) is 0 Å². The lowest BCUT2D eigenvalue weighted by Gasteiger charge is -2.31. The summed E-state index contributed by atoms with van der Waals surface area (Å²) in [4.78, 5) is 42.9. The fourth-order valence-corrected chi connectivity index (χ4v) is 5.10. The van der Waals surface area contributed by atoms with Gasteiger partial charge < -0.3 is 33.6 Å². The molecule has 0 aliphatic heterocycles. The van der Waals surface area contributed by atoms with Gasteiger partial charge in [-0.15, -0.1) is 0 Å². The van der Waals surface area contributed by atoms with E-state index in [1.54, 1.807) is 12.1 Å². The third-order valence-corrected chi connectivity index (χ3v) is 7.36. The molecule has 3 amide bonds. The van der Waals surface area contributed by atoms with Crippen molar-refractivity contribution in [2.24, 2.45) is 39.8 Å². The van der Waals surface area contributed by atoms with Crippen LogP contribution in [0.3, 0.4) is 0 Å². The van der Waals surface area contributed by atoms with Crippen molar-refractivity contribution in [2.75, 3.05) is 6.54 Å². The van der Waals surface area contributed by atoms with Crippen LogP contribution in [0.15, 0.2) is 29.3 Å². The van der Waals surface area contributed by atoms with Crippen molar-refractivity contribution in [3.05, 3.63) is 35.4 Å². The van der Waals surface area contributed by atoms with Gasteiger partial charge in [0.15, 0.2) is 5.96 Å². The van der Waals surface area contributed by atoms with E-state index in [1.165, 1.54) is 0 Å². The van der Waals surface area contributed by atoms with Crippen molar-refractivity contribution < 1.29 is 14.4 Å². The second-order valence-electron chi connectivity index (χ2n) is 10.4. The summed E-state index contributed by atoms with van der Waals surface area (Å²) in [5.41, 5.74) is 23.4. The van der Waals surface area contributed by atoms with Crippen molar-refractivity contribution in [2.45, 2.75) is 89.6 Å². The molecule has 11 heteroatoms. The molecule has 39 heavy (non-hydrogen) atoms. The number of carbonyl (C=O) groups is 3. The monoisotopic (exact) mass is 542 g/mol. The van der Waals surface area contributed by atoms with Gasteiger partial charge in [0.1, 0.15) is 17.9 Å². The Hall–Kier alpha value is -3.63. The van der Waals surface area contributed by atoms with Crippen molar-refractivity contribution >= 4 is 29.5 Å².